The highest BCUT2D eigenvalue weighted by Crippen LogP contribution is 2.28. The summed E-state index contributed by atoms with van der Waals surface area (Å²) < 4.78 is 28.3. The number of amides is 1. The molecule has 3 heterocycles. The number of nitrogens with zero attached hydrogens (tertiary/aromatic N) is 2. The summed E-state index contributed by atoms with van der Waals surface area (Å²) >= 11 is 2.82. The van der Waals surface area contributed by atoms with E-state index in [1.165, 1.54) is 15.6 Å². The lowest BCUT2D eigenvalue weighted by Crippen LogP contribution is -2.43. The highest BCUT2D eigenvalue weighted by atomic mass is 32.2. The first-order valence-corrected chi connectivity index (χ1v) is 11.8. The van der Waals surface area contributed by atoms with Gasteiger partial charge >= 0.3 is 0 Å². The van der Waals surface area contributed by atoms with Gasteiger partial charge < -0.3 is 5.32 Å². The molecule has 1 aliphatic rings. The minimum atomic E-state index is -3.52. The first-order valence-electron chi connectivity index (χ1n) is 8.65. The fourth-order valence-electron chi connectivity index (χ4n) is 3.28. The van der Waals surface area contributed by atoms with E-state index in [4.69, 9.17) is 0 Å². The standard InChI is InChI=1S/C18H19N3O3S3/c1-12-19-15-10-14(6-7-16(15)26-12)20-18(22)13-4-2-8-21(11-13)27(23,24)17-5-3-9-25-17/h3,5-7,9-10,13H,2,4,8,11H2,1H3,(H,20,22). The second-order valence-corrected chi connectivity index (χ2v) is 10.9. The van der Waals surface area contributed by atoms with E-state index in [0.717, 1.165) is 15.2 Å². The number of anilines is 1. The molecular formula is C18H19N3O3S3. The molecule has 1 atom stereocenters. The number of aromatic nitrogens is 1. The Balaban J connectivity index is 1.48. The summed E-state index contributed by atoms with van der Waals surface area (Å²) in [7, 11) is -3.52. The molecule has 142 valence electrons. The lowest BCUT2D eigenvalue weighted by molar-refractivity contribution is -0.120. The van der Waals surface area contributed by atoms with Gasteiger partial charge in [0.25, 0.3) is 10.0 Å². The van der Waals surface area contributed by atoms with Crippen molar-refractivity contribution in [1.29, 1.82) is 0 Å². The smallest absolute Gasteiger partial charge is 0.252 e. The molecule has 2 aromatic heterocycles. The minimum absolute atomic E-state index is 0.146. The molecule has 27 heavy (non-hydrogen) atoms. The van der Waals surface area contributed by atoms with Crippen LogP contribution in [-0.4, -0.2) is 36.7 Å². The van der Waals surface area contributed by atoms with Gasteiger partial charge in [-0.25, -0.2) is 13.4 Å². The maximum absolute atomic E-state index is 12.7. The second-order valence-electron chi connectivity index (χ2n) is 6.54. The lowest BCUT2D eigenvalue weighted by atomic mass is 9.98. The average molecular weight is 422 g/mol. The molecule has 9 heteroatoms. The molecule has 1 amide bonds. The molecule has 1 aliphatic heterocycles. The SMILES string of the molecule is Cc1nc2cc(NC(=O)C3CCCN(S(=O)(=O)c4cccs4)C3)ccc2s1. The summed E-state index contributed by atoms with van der Waals surface area (Å²) in [6.45, 7) is 2.62. The van der Waals surface area contributed by atoms with Gasteiger partial charge in [-0.1, -0.05) is 6.07 Å². The number of piperidine rings is 1. The van der Waals surface area contributed by atoms with E-state index in [1.54, 1.807) is 28.8 Å². The number of benzene rings is 1. The lowest BCUT2D eigenvalue weighted by Gasteiger charge is -2.30. The number of nitrogens with one attached hydrogen (secondary N) is 1. The number of thiazole rings is 1. The molecule has 4 rings (SSSR count). The van der Waals surface area contributed by atoms with Gasteiger partial charge in [0.15, 0.2) is 0 Å². The van der Waals surface area contributed by atoms with Crippen LogP contribution in [0.25, 0.3) is 10.2 Å². The Morgan fingerprint density at radius 1 is 1.33 bits per heavy atom. The molecule has 3 aromatic rings. The summed E-state index contributed by atoms with van der Waals surface area (Å²) in [5.41, 5.74) is 1.55. The summed E-state index contributed by atoms with van der Waals surface area (Å²) in [6.07, 6.45) is 1.35. The van der Waals surface area contributed by atoms with Crippen LogP contribution in [0, 0.1) is 12.8 Å². The number of sulfonamides is 1. The molecule has 0 radical (unpaired) electrons. The Kier molecular flexibility index (Phi) is 5.02. The average Bonchev–Trinajstić information content (AvgIpc) is 3.30. The summed E-state index contributed by atoms with van der Waals surface area (Å²) in [6, 6.07) is 9.00. The van der Waals surface area contributed by atoms with Gasteiger partial charge in [0.1, 0.15) is 4.21 Å². The fraction of sp³-hybridized carbons (Fsp3) is 0.333. The van der Waals surface area contributed by atoms with E-state index in [0.29, 0.717) is 29.3 Å². The Bertz CT molecular complexity index is 1070. The van der Waals surface area contributed by atoms with E-state index in [-0.39, 0.29) is 18.4 Å². The zero-order valence-electron chi connectivity index (χ0n) is 14.7. The zero-order valence-corrected chi connectivity index (χ0v) is 17.2. The van der Waals surface area contributed by atoms with Gasteiger partial charge in [0.05, 0.1) is 21.1 Å². The molecule has 0 bridgehead atoms. The summed E-state index contributed by atoms with van der Waals surface area (Å²) in [4.78, 5) is 17.2. The number of hydrogen-bond donors (Lipinski definition) is 1. The Hall–Kier alpha value is -1.81. The molecule has 1 fully saturated rings. The van der Waals surface area contributed by atoms with Gasteiger partial charge in [0.2, 0.25) is 5.91 Å². The van der Waals surface area contributed by atoms with E-state index in [1.807, 2.05) is 25.1 Å². The third-order valence-corrected chi connectivity index (χ3v) is 8.80. The number of thiophene rings is 1. The van der Waals surface area contributed by atoms with Crippen molar-refractivity contribution in [2.75, 3.05) is 18.4 Å². The fourth-order valence-corrected chi connectivity index (χ4v) is 6.75. The molecule has 0 saturated carbocycles. The monoisotopic (exact) mass is 421 g/mol. The van der Waals surface area contributed by atoms with Gasteiger partial charge in [-0.2, -0.15) is 4.31 Å². The highest BCUT2D eigenvalue weighted by Gasteiger charge is 2.33. The van der Waals surface area contributed by atoms with Crippen LogP contribution in [-0.2, 0) is 14.8 Å². The van der Waals surface area contributed by atoms with Gasteiger partial charge in [-0.3, -0.25) is 4.79 Å². The first kappa shape index (κ1) is 18.5. The highest BCUT2D eigenvalue weighted by molar-refractivity contribution is 7.91. The molecule has 6 nitrogen and oxygen atoms in total. The maximum Gasteiger partial charge on any atom is 0.252 e. The zero-order chi connectivity index (χ0) is 19.0. The van der Waals surface area contributed by atoms with E-state index >= 15 is 0 Å². The largest absolute Gasteiger partial charge is 0.326 e. The van der Waals surface area contributed by atoms with Crippen molar-refractivity contribution >= 4 is 54.5 Å². The Labute approximate surface area is 165 Å². The van der Waals surface area contributed by atoms with Gasteiger partial charge in [0, 0.05) is 18.8 Å². The normalized spacial score (nSPS) is 18.6. The molecule has 1 N–H and O–H groups in total. The summed E-state index contributed by atoms with van der Waals surface area (Å²) in [5, 5.41) is 5.66. The second kappa shape index (κ2) is 7.31. The van der Waals surface area contributed by atoms with Crippen LogP contribution in [0.4, 0.5) is 5.69 Å². The third kappa shape index (κ3) is 3.77. The van der Waals surface area contributed by atoms with Crippen molar-refractivity contribution in [1.82, 2.24) is 9.29 Å². The predicted octanol–water partition coefficient (Wildman–Crippen LogP) is 3.71. The number of carbonyl (C=O) groups is 1. The van der Waals surface area contributed by atoms with E-state index < -0.39 is 10.0 Å². The Morgan fingerprint density at radius 2 is 2.19 bits per heavy atom. The van der Waals surface area contributed by atoms with E-state index in [2.05, 4.69) is 10.3 Å². The predicted molar refractivity (Wildman–Crippen MR) is 109 cm³/mol. The molecule has 0 aliphatic carbocycles. The number of aryl methyl sites for hydroxylation is 1. The van der Waals surface area contributed by atoms with Crippen LogP contribution in [0.2, 0.25) is 0 Å². The van der Waals surface area contributed by atoms with Crippen molar-refractivity contribution in [2.24, 2.45) is 5.92 Å². The number of carbonyl (C=O) groups excluding carboxylic acids is 1. The van der Waals surface area contributed by atoms with Crippen molar-refractivity contribution in [3.8, 4) is 0 Å². The molecular weight excluding hydrogens is 402 g/mol. The topological polar surface area (TPSA) is 79.4 Å². The number of hydrogen-bond acceptors (Lipinski definition) is 6. The molecule has 1 saturated heterocycles. The van der Waals surface area contributed by atoms with Gasteiger partial charge in [-0.05, 0) is 49.4 Å². The number of fused-ring (bicyclic) bond motifs is 1. The van der Waals surface area contributed by atoms with Crippen LogP contribution in [0.15, 0.2) is 39.9 Å². The van der Waals surface area contributed by atoms with Crippen LogP contribution < -0.4 is 5.32 Å². The number of rotatable bonds is 4. The molecule has 0 spiro atoms. The summed E-state index contributed by atoms with van der Waals surface area (Å²) in [5.74, 6) is -0.506. The first-order chi connectivity index (χ1) is 12.9. The quantitative estimate of drug-likeness (QED) is 0.697. The third-order valence-electron chi connectivity index (χ3n) is 4.61. The van der Waals surface area contributed by atoms with Crippen LogP contribution in [0.5, 0.6) is 0 Å². The maximum atomic E-state index is 12.7. The van der Waals surface area contributed by atoms with Crippen molar-refractivity contribution in [3.05, 3.63) is 40.7 Å². The Morgan fingerprint density at radius 3 is 2.96 bits per heavy atom. The van der Waals surface area contributed by atoms with Gasteiger partial charge in [-0.15, -0.1) is 22.7 Å². The van der Waals surface area contributed by atoms with Crippen molar-refractivity contribution in [2.45, 2.75) is 24.0 Å². The van der Waals surface area contributed by atoms with Crippen molar-refractivity contribution in [3.63, 3.8) is 0 Å². The van der Waals surface area contributed by atoms with E-state index in [9.17, 15) is 13.2 Å². The van der Waals surface area contributed by atoms with Crippen LogP contribution in [0.3, 0.4) is 0 Å². The molecule has 1 unspecified atom stereocenters. The van der Waals surface area contributed by atoms with Crippen LogP contribution >= 0.6 is 22.7 Å². The minimum Gasteiger partial charge on any atom is -0.326 e. The van der Waals surface area contributed by atoms with Crippen LogP contribution in [0.1, 0.15) is 17.8 Å². The molecule has 1 aromatic carbocycles. The van der Waals surface area contributed by atoms with Crippen molar-refractivity contribution < 1.29 is 13.2 Å².